The molecule has 0 bridgehead atoms. The van der Waals surface area contributed by atoms with Gasteiger partial charge in [0.15, 0.2) is 11.6 Å². The molecule has 1 rings (SSSR count). The number of unbranched alkanes of at least 4 members (excludes halogenated alkanes) is 3. The average Bonchev–Trinajstić information content (AvgIpc) is 2.37. The summed E-state index contributed by atoms with van der Waals surface area (Å²) in [5.41, 5.74) is 0. The Bertz CT molecular complexity index is 360. The van der Waals surface area contributed by atoms with Gasteiger partial charge in [-0.15, -0.1) is 3.69 Å². The Morgan fingerprint density at radius 3 is 2.72 bits per heavy atom. The van der Waals surface area contributed by atoms with E-state index in [2.05, 4.69) is 19.8 Å². The molecule has 0 N–H and O–H groups in total. The Morgan fingerprint density at radius 1 is 1.33 bits per heavy atom. The fourth-order valence-corrected chi connectivity index (χ4v) is 3.37. The Balaban J connectivity index is 2.41. The molecular formula is C14H20BrFMgO. The highest BCUT2D eigenvalue weighted by Crippen LogP contribution is 2.18. The SMILES string of the molecule is CCCCCCC(C)Oc1cc[c]([Mg][Br])cc1F. The lowest BCUT2D eigenvalue weighted by Gasteiger charge is -2.15. The van der Waals surface area contributed by atoms with Gasteiger partial charge in [0.25, 0.3) is 0 Å². The molecule has 1 unspecified atom stereocenters. The van der Waals surface area contributed by atoms with Crippen LogP contribution in [0, 0.1) is 5.82 Å². The maximum atomic E-state index is 13.7. The fraction of sp³-hybridized carbons (Fsp3) is 0.571. The minimum atomic E-state index is -0.475. The van der Waals surface area contributed by atoms with Crippen LogP contribution in [0.2, 0.25) is 0 Å². The highest BCUT2D eigenvalue weighted by molar-refractivity contribution is 9.23. The van der Waals surface area contributed by atoms with E-state index in [-0.39, 0.29) is 11.9 Å². The number of ether oxygens (including phenoxy) is 1. The molecule has 18 heavy (non-hydrogen) atoms. The molecule has 0 spiro atoms. The molecule has 4 heteroatoms. The van der Waals surface area contributed by atoms with Crippen LogP contribution in [0.25, 0.3) is 0 Å². The Labute approximate surface area is 125 Å². The molecule has 0 aliphatic carbocycles. The van der Waals surface area contributed by atoms with Crippen LogP contribution < -0.4 is 8.43 Å². The van der Waals surface area contributed by atoms with Gasteiger partial charge in [-0.25, -0.2) is 4.39 Å². The summed E-state index contributed by atoms with van der Waals surface area (Å²) < 4.78 is 20.4. The first-order valence-corrected chi connectivity index (χ1v) is 11.3. The second-order valence-electron chi connectivity index (χ2n) is 4.68. The Morgan fingerprint density at radius 2 is 2.11 bits per heavy atom. The summed E-state index contributed by atoms with van der Waals surface area (Å²) in [5.74, 6) is 0.150. The van der Waals surface area contributed by atoms with Crippen LogP contribution in [0.15, 0.2) is 18.2 Å². The predicted molar refractivity (Wildman–Crippen MR) is 79.6 cm³/mol. The van der Waals surface area contributed by atoms with Gasteiger partial charge in [-0.05, 0) is 31.9 Å². The van der Waals surface area contributed by atoms with E-state index in [0.29, 0.717) is 5.75 Å². The summed E-state index contributed by atoms with van der Waals surface area (Å²) in [7, 11) is 0. The maximum Gasteiger partial charge on any atom is 0.506 e. The summed E-state index contributed by atoms with van der Waals surface area (Å²) in [6, 6.07) is 5.28. The van der Waals surface area contributed by atoms with Crippen molar-refractivity contribution in [1.82, 2.24) is 0 Å². The van der Waals surface area contributed by atoms with Crippen LogP contribution >= 0.6 is 12.9 Å². The molecule has 98 valence electrons. The molecule has 1 nitrogen and oxygen atoms in total. The fourth-order valence-electron chi connectivity index (χ4n) is 1.86. The van der Waals surface area contributed by atoms with Gasteiger partial charge in [-0.2, -0.15) is 0 Å². The van der Waals surface area contributed by atoms with Gasteiger partial charge in [0.1, 0.15) is 0 Å². The van der Waals surface area contributed by atoms with Gasteiger partial charge >= 0.3 is 18.2 Å². The lowest BCUT2D eigenvalue weighted by molar-refractivity contribution is 0.197. The molecule has 0 aliphatic rings. The molecule has 0 fully saturated rings. The zero-order chi connectivity index (χ0) is 13.4. The first kappa shape index (κ1) is 16.3. The topological polar surface area (TPSA) is 9.23 Å². The van der Waals surface area contributed by atoms with E-state index in [1.165, 1.54) is 19.3 Å². The van der Waals surface area contributed by atoms with Crippen molar-refractivity contribution < 1.29 is 9.13 Å². The van der Waals surface area contributed by atoms with E-state index in [0.717, 1.165) is 16.5 Å². The van der Waals surface area contributed by atoms with Crippen LogP contribution in [0.1, 0.15) is 46.0 Å². The summed E-state index contributed by atoms with van der Waals surface area (Å²) in [6.07, 6.45) is 5.98. The minimum Gasteiger partial charge on any atom is -0.488 e. The second-order valence-corrected chi connectivity index (χ2v) is 7.44. The van der Waals surface area contributed by atoms with Crippen LogP contribution in [0.3, 0.4) is 0 Å². The van der Waals surface area contributed by atoms with E-state index in [4.69, 9.17) is 4.74 Å². The third kappa shape index (κ3) is 5.89. The van der Waals surface area contributed by atoms with Crippen molar-refractivity contribution in [1.29, 1.82) is 0 Å². The standard InChI is InChI=1S/C14H20FO.BrH.Mg/c1-3-4-5-6-9-12(2)16-14-11-8-7-10-13(14)15;;/h8,10-12H,3-6,9H2,1-2H3;1H;/q;;+1/p-1. The first-order valence-electron chi connectivity index (χ1n) is 6.68. The zero-order valence-electron chi connectivity index (χ0n) is 11.2. The smallest absolute Gasteiger partial charge is 0.488 e. The van der Waals surface area contributed by atoms with Crippen molar-refractivity contribution in [2.45, 2.75) is 52.1 Å². The third-order valence-corrected chi connectivity index (χ3v) is 5.63. The van der Waals surface area contributed by atoms with Crippen molar-refractivity contribution >= 4 is 34.8 Å². The summed E-state index contributed by atoms with van der Waals surface area (Å²) in [6.45, 7) is 4.21. The van der Waals surface area contributed by atoms with Crippen LogP contribution in [-0.4, -0.2) is 24.3 Å². The van der Waals surface area contributed by atoms with Gasteiger partial charge in [0, 0.05) is 0 Å². The lowest BCUT2D eigenvalue weighted by Crippen LogP contribution is -2.15. The lowest BCUT2D eigenvalue weighted by atomic mass is 10.1. The van der Waals surface area contributed by atoms with Crippen molar-refractivity contribution in [3.63, 3.8) is 0 Å². The van der Waals surface area contributed by atoms with Crippen molar-refractivity contribution in [2.75, 3.05) is 0 Å². The van der Waals surface area contributed by atoms with Crippen LogP contribution in [0.4, 0.5) is 4.39 Å². The molecule has 0 radical (unpaired) electrons. The summed E-state index contributed by atoms with van der Waals surface area (Å²) in [5, 5.41) is 0. The molecule has 0 saturated carbocycles. The van der Waals surface area contributed by atoms with E-state index in [1.54, 1.807) is 12.1 Å². The number of hydrogen-bond donors (Lipinski definition) is 0. The highest BCUT2D eigenvalue weighted by Gasteiger charge is 2.09. The van der Waals surface area contributed by atoms with Crippen LogP contribution in [0.5, 0.6) is 5.75 Å². The zero-order valence-corrected chi connectivity index (χ0v) is 14.2. The van der Waals surface area contributed by atoms with E-state index >= 15 is 0 Å². The number of rotatable bonds is 8. The highest BCUT2D eigenvalue weighted by atomic mass is 79.9. The van der Waals surface area contributed by atoms with Gasteiger partial charge < -0.3 is 4.74 Å². The maximum absolute atomic E-state index is 13.7. The van der Waals surface area contributed by atoms with Gasteiger partial charge in [-0.3, -0.25) is 12.9 Å². The van der Waals surface area contributed by atoms with Gasteiger partial charge in [-0.1, -0.05) is 32.3 Å². The van der Waals surface area contributed by atoms with E-state index in [9.17, 15) is 4.39 Å². The Hall–Kier alpha value is 0.196. The monoisotopic (exact) mass is 326 g/mol. The van der Waals surface area contributed by atoms with Gasteiger partial charge in [0.2, 0.25) is 0 Å². The molecule has 1 atom stereocenters. The number of halogens is 2. The van der Waals surface area contributed by atoms with E-state index < -0.39 is 18.2 Å². The second kappa shape index (κ2) is 9.16. The van der Waals surface area contributed by atoms with Crippen LogP contribution in [-0.2, 0) is 0 Å². The summed E-state index contributed by atoms with van der Waals surface area (Å²) >= 11 is 2.97. The molecule has 0 aromatic heterocycles. The van der Waals surface area contributed by atoms with Crippen molar-refractivity contribution in [3.05, 3.63) is 24.0 Å². The molecule has 1 aromatic rings. The van der Waals surface area contributed by atoms with E-state index in [1.807, 2.05) is 13.0 Å². The molecule has 0 heterocycles. The molecule has 0 aliphatic heterocycles. The normalized spacial score (nSPS) is 12.0. The number of benzene rings is 1. The third-order valence-electron chi connectivity index (χ3n) is 2.94. The quantitative estimate of drug-likeness (QED) is 0.513. The summed E-state index contributed by atoms with van der Waals surface area (Å²) in [4.78, 5) is 0. The van der Waals surface area contributed by atoms with Crippen molar-refractivity contribution in [3.8, 4) is 5.75 Å². The largest absolute Gasteiger partial charge is 0.506 e. The molecular weight excluding hydrogens is 307 g/mol. The van der Waals surface area contributed by atoms with Gasteiger partial charge in [0.05, 0.1) is 6.10 Å². The molecule has 0 amide bonds. The minimum absolute atomic E-state index is 0.0865. The average molecular weight is 328 g/mol. The van der Waals surface area contributed by atoms with Crippen molar-refractivity contribution in [2.24, 2.45) is 0 Å². The molecule has 0 saturated heterocycles. The number of hydrogen-bond acceptors (Lipinski definition) is 1. The molecule has 1 aromatic carbocycles. The predicted octanol–water partition coefficient (Wildman–Crippen LogP) is 4.20. The first-order chi connectivity index (χ1) is 8.67. The Kier molecular flexibility index (Phi) is 8.27.